The van der Waals surface area contributed by atoms with E-state index in [0.717, 1.165) is 6.42 Å². The molecule has 0 unspecified atom stereocenters. The molecule has 7 nitrogen and oxygen atoms in total. The number of carbonyl (C=O) groups is 2. The fourth-order valence-corrected chi connectivity index (χ4v) is 2.63. The predicted octanol–water partition coefficient (Wildman–Crippen LogP) is 2.38. The van der Waals surface area contributed by atoms with Gasteiger partial charge in [-0.15, -0.1) is 4.99 Å². The Kier molecular flexibility index (Phi) is 9.02. The molecule has 0 spiro atoms. The molecule has 0 bridgehead atoms. The molecule has 1 saturated carbocycles. The Hall–Kier alpha value is -1.79. The summed E-state index contributed by atoms with van der Waals surface area (Å²) < 4.78 is 4.84. The second-order valence-electron chi connectivity index (χ2n) is 5.56. The topological polar surface area (TPSA) is 91.8 Å². The van der Waals surface area contributed by atoms with Crippen LogP contribution in [0, 0.1) is 5.92 Å². The van der Waals surface area contributed by atoms with E-state index in [2.05, 4.69) is 20.9 Å². The van der Waals surface area contributed by atoms with Crippen LogP contribution in [0.25, 0.3) is 0 Å². The van der Waals surface area contributed by atoms with Gasteiger partial charge in [-0.05, 0) is 12.3 Å². The van der Waals surface area contributed by atoms with Crippen molar-refractivity contribution in [2.24, 2.45) is 10.9 Å². The minimum absolute atomic E-state index is 0.122. The Morgan fingerprint density at radius 1 is 1.14 bits per heavy atom. The van der Waals surface area contributed by atoms with Gasteiger partial charge >= 0.3 is 18.1 Å². The summed E-state index contributed by atoms with van der Waals surface area (Å²) in [6, 6.07) is -1.11. The summed E-state index contributed by atoms with van der Waals surface area (Å²) in [6.07, 6.45) is 10.1. The Labute approximate surface area is 132 Å². The fourth-order valence-electron chi connectivity index (χ4n) is 2.63. The third kappa shape index (κ3) is 7.85. The molecule has 1 aliphatic carbocycles. The van der Waals surface area contributed by atoms with Crippen molar-refractivity contribution in [1.82, 2.24) is 16.0 Å². The predicted molar refractivity (Wildman–Crippen MR) is 85.9 cm³/mol. The van der Waals surface area contributed by atoms with Gasteiger partial charge < -0.3 is 15.4 Å². The monoisotopic (exact) mass is 312 g/mol. The standard InChI is InChI=1S/C15H28N4O3/c1-16-13(20)18-15(22-2)19-14(21)17-11-10-12-8-6-4-3-5-7-9-12/h12H,3-11H2,1-2H3,(H3,16,17,18,19,20,21). The van der Waals surface area contributed by atoms with Crippen LogP contribution < -0.4 is 16.0 Å². The number of urea groups is 2. The van der Waals surface area contributed by atoms with Crippen LogP contribution in [0.3, 0.4) is 0 Å². The van der Waals surface area contributed by atoms with Crippen LogP contribution in [0.4, 0.5) is 9.59 Å². The number of carbonyl (C=O) groups excluding carboxylic acids is 2. The molecule has 0 radical (unpaired) electrons. The van der Waals surface area contributed by atoms with E-state index in [1.165, 1.54) is 59.1 Å². The Morgan fingerprint density at radius 2 is 1.77 bits per heavy atom. The van der Waals surface area contributed by atoms with E-state index >= 15 is 0 Å². The molecule has 1 fully saturated rings. The molecule has 0 aromatic rings. The number of methoxy groups -OCH3 is 1. The number of nitrogens with one attached hydrogen (secondary N) is 3. The zero-order chi connectivity index (χ0) is 16.2. The summed E-state index contributed by atoms with van der Waals surface area (Å²) in [4.78, 5) is 26.4. The summed E-state index contributed by atoms with van der Waals surface area (Å²) in [7, 11) is 2.80. The zero-order valence-electron chi connectivity index (χ0n) is 13.6. The first-order chi connectivity index (χ1) is 10.7. The van der Waals surface area contributed by atoms with Crippen molar-refractivity contribution in [3.63, 3.8) is 0 Å². The molecule has 7 heteroatoms. The summed E-state index contributed by atoms with van der Waals surface area (Å²) in [6.45, 7) is 0.619. The van der Waals surface area contributed by atoms with E-state index < -0.39 is 12.1 Å². The molecule has 22 heavy (non-hydrogen) atoms. The van der Waals surface area contributed by atoms with Crippen molar-refractivity contribution in [2.75, 3.05) is 20.7 Å². The summed E-state index contributed by atoms with van der Waals surface area (Å²) >= 11 is 0. The van der Waals surface area contributed by atoms with Gasteiger partial charge in [0, 0.05) is 13.6 Å². The van der Waals surface area contributed by atoms with E-state index in [-0.39, 0.29) is 6.02 Å². The maximum Gasteiger partial charge on any atom is 0.345 e. The van der Waals surface area contributed by atoms with Gasteiger partial charge in [0.25, 0.3) is 0 Å². The first-order valence-electron chi connectivity index (χ1n) is 8.05. The van der Waals surface area contributed by atoms with Crippen molar-refractivity contribution in [2.45, 2.75) is 51.4 Å². The maximum absolute atomic E-state index is 11.7. The van der Waals surface area contributed by atoms with Gasteiger partial charge in [0.1, 0.15) is 0 Å². The average molecular weight is 312 g/mol. The smallest absolute Gasteiger partial charge is 0.345 e. The molecular formula is C15H28N4O3. The van der Waals surface area contributed by atoms with E-state index in [1.54, 1.807) is 0 Å². The van der Waals surface area contributed by atoms with Gasteiger partial charge in [-0.1, -0.05) is 44.9 Å². The Morgan fingerprint density at radius 3 is 2.36 bits per heavy atom. The minimum Gasteiger partial charge on any atom is -0.468 e. The van der Waals surface area contributed by atoms with Gasteiger partial charge in [0.2, 0.25) is 0 Å². The lowest BCUT2D eigenvalue weighted by Crippen LogP contribution is -2.41. The van der Waals surface area contributed by atoms with Crippen molar-refractivity contribution in [3.8, 4) is 0 Å². The summed E-state index contributed by atoms with van der Waals surface area (Å²) in [5.74, 6) is 0.696. The Balaban J connectivity index is 2.26. The number of aliphatic imine (C=N–C) groups is 1. The number of amides is 4. The lowest BCUT2D eigenvalue weighted by atomic mass is 9.89. The zero-order valence-corrected chi connectivity index (χ0v) is 13.6. The van der Waals surface area contributed by atoms with E-state index in [1.807, 2.05) is 0 Å². The molecule has 4 amide bonds. The van der Waals surface area contributed by atoms with Crippen LogP contribution in [0.5, 0.6) is 0 Å². The Bertz CT molecular complexity index is 377. The van der Waals surface area contributed by atoms with E-state index in [9.17, 15) is 9.59 Å². The van der Waals surface area contributed by atoms with Crippen LogP contribution >= 0.6 is 0 Å². The molecular weight excluding hydrogens is 284 g/mol. The van der Waals surface area contributed by atoms with Gasteiger partial charge in [-0.25, -0.2) is 9.59 Å². The number of ether oxygens (including phenoxy) is 1. The lowest BCUT2D eigenvalue weighted by Gasteiger charge is -2.19. The quantitative estimate of drug-likeness (QED) is 0.552. The number of hydrogen-bond donors (Lipinski definition) is 3. The first kappa shape index (κ1) is 18.3. The molecule has 0 atom stereocenters. The van der Waals surface area contributed by atoms with Crippen molar-refractivity contribution >= 4 is 18.1 Å². The van der Waals surface area contributed by atoms with Crippen LogP contribution in [0.15, 0.2) is 4.99 Å². The van der Waals surface area contributed by atoms with Gasteiger partial charge in [0.05, 0.1) is 7.11 Å². The van der Waals surface area contributed by atoms with Crippen LogP contribution in [-0.4, -0.2) is 38.8 Å². The highest BCUT2D eigenvalue weighted by atomic mass is 16.5. The van der Waals surface area contributed by atoms with E-state index in [4.69, 9.17) is 4.74 Å². The summed E-state index contributed by atoms with van der Waals surface area (Å²) in [5.41, 5.74) is 0. The van der Waals surface area contributed by atoms with E-state index in [0.29, 0.717) is 12.5 Å². The SMILES string of the molecule is CNC(=O)N=C(NC(=O)NCCC1CCCCCCC1)OC. The molecule has 126 valence electrons. The third-order valence-corrected chi connectivity index (χ3v) is 3.89. The minimum atomic E-state index is -0.577. The number of hydrogen-bond acceptors (Lipinski definition) is 3. The van der Waals surface area contributed by atoms with Gasteiger partial charge in [-0.2, -0.15) is 0 Å². The van der Waals surface area contributed by atoms with Crippen molar-refractivity contribution in [1.29, 1.82) is 0 Å². The molecule has 1 aliphatic rings. The number of nitrogens with zero attached hydrogens (tertiary/aromatic N) is 1. The highest BCUT2D eigenvalue weighted by Crippen LogP contribution is 2.24. The van der Waals surface area contributed by atoms with Crippen LogP contribution in [0.1, 0.15) is 51.4 Å². The molecule has 1 rings (SSSR count). The number of rotatable bonds is 3. The highest BCUT2D eigenvalue weighted by molar-refractivity contribution is 5.98. The maximum atomic E-state index is 11.7. The second-order valence-corrected chi connectivity index (χ2v) is 5.56. The fraction of sp³-hybridized carbons (Fsp3) is 0.800. The van der Waals surface area contributed by atoms with Gasteiger partial charge in [-0.3, -0.25) is 5.32 Å². The lowest BCUT2D eigenvalue weighted by molar-refractivity contribution is 0.240. The molecule has 3 N–H and O–H groups in total. The normalized spacial score (nSPS) is 17.1. The molecule has 0 aliphatic heterocycles. The molecule has 0 aromatic carbocycles. The largest absolute Gasteiger partial charge is 0.468 e. The third-order valence-electron chi connectivity index (χ3n) is 3.89. The van der Waals surface area contributed by atoms with Crippen molar-refractivity contribution < 1.29 is 14.3 Å². The van der Waals surface area contributed by atoms with Crippen molar-refractivity contribution in [3.05, 3.63) is 0 Å². The second kappa shape index (κ2) is 10.9. The molecule has 0 heterocycles. The van der Waals surface area contributed by atoms with Crippen LogP contribution in [-0.2, 0) is 4.74 Å². The summed E-state index contributed by atoms with van der Waals surface area (Å²) in [5, 5.41) is 7.51. The van der Waals surface area contributed by atoms with Gasteiger partial charge in [0.15, 0.2) is 0 Å². The first-order valence-corrected chi connectivity index (χ1v) is 8.05. The molecule has 0 aromatic heterocycles. The van der Waals surface area contributed by atoms with Crippen LogP contribution in [0.2, 0.25) is 0 Å². The number of amidine groups is 1. The highest BCUT2D eigenvalue weighted by Gasteiger charge is 2.12. The molecule has 0 saturated heterocycles. The average Bonchev–Trinajstić information content (AvgIpc) is 2.48.